The molecule has 0 spiro atoms. The van der Waals surface area contributed by atoms with Gasteiger partial charge in [-0.25, -0.2) is 0 Å². The van der Waals surface area contributed by atoms with Gasteiger partial charge in [-0.05, 0) is 0 Å². The van der Waals surface area contributed by atoms with Crippen molar-refractivity contribution in [3.8, 4) is 6.07 Å². The second-order valence-electron chi connectivity index (χ2n) is 1.73. The van der Waals surface area contributed by atoms with Crippen molar-refractivity contribution in [3.05, 3.63) is 23.1 Å². The van der Waals surface area contributed by atoms with Gasteiger partial charge in [0.1, 0.15) is 0 Å². The molecule has 0 saturated carbocycles. The van der Waals surface area contributed by atoms with Crippen LogP contribution in [0, 0.1) is 24.8 Å². The minimum atomic E-state index is -0.0333. The second-order valence-corrected chi connectivity index (χ2v) is 1.73. The number of rotatable bonds is 0. The number of nitriles is 1. The second kappa shape index (κ2) is 2.72. The lowest BCUT2D eigenvalue weighted by molar-refractivity contribution is 0.970. The Kier molecular flexibility index (Phi) is 1.75. The van der Waals surface area contributed by atoms with Crippen LogP contribution < -0.4 is 0 Å². The van der Waals surface area contributed by atoms with E-state index in [9.17, 15) is 0 Å². The average molecular weight is 145 g/mol. The molecule has 5 heteroatoms. The lowest BCUT2D eigenvalue weighted by atomic mass is 10.6. The monoisotopic (exact) mass is 145 g/mol. The first kappa shape index (κ1) is 7.10. The minimum absolute atomic E-state index is 0.0106. The molecule has 0 N–H and O–H groups in total. The predicted octanol–water partition coefficient (Wildman–Crippen LogP) is 0.602. The minimum Gasteiger partial charge on any atom is -0.394 e. The summed E-state index contributed by atoms with van der Waals surface area (Å²) in [6.07, 6.45) is 0. The van der Waals surface area contributed by atoms with Crippen LogP contribution in [0.25, 0.3) is 4.85 Å². The Hall–Kier alpha value is -2.01. The summed E-state index contributed by atoms with van der Waals surface area (Å²) in [5.74, 6) is 0.347. The van der Waals surface area contributed by atoms with Crippen LogP contribution in [0.15, 0.2) is 0 Å². The van der Waals surface area contributed by atoms with Gasteiger partial charge in [0.2, 0.25) is 0 Å². The van der Waals surface area contributed by atoms with E-state index in [1.54, 1.807) is 13.0 Å². The molecule has 0 aliphatic rings. The molecule has 11 heavy (non-hydrogen) atoms. The van der Waals surface area contributed by atoms with Crippen molar-refractivity contribution < 1.29 is 0 Å². The molecule has 1 aromatic rings. The van der Waals surface area contributed by atoms with Gasteiger partial charge in [-0.3, -0.25) is 0 Å². The zero-order chi connectivity index (χ0) is 8.27. The molecule has 0 aliphatic carbocycles. The maximum Gasteiger partial charge on any atom is 0.375 e. The van der Waals surface area contributed by atoms with Crippen LogP contribution in [0.2, 0.25) is 0 Å². The van der Waals surface area contributed by atoms with Crippen LogP contribution in [-0.2, 0) is 0 Å². The molecule has 0 amide bonds. The Morgan fingerprint density at radius 3 is 2.73 bits per heavy atom. The SMILES string of the molecule is [C-]#[N+]c1nc(C)nc(C#N)n1. The van der Waals surface area contributed by atoms with E-state index in [4.69, 9.17) is 11.8 Å². The van der Waals surface area contributed by atoms with E-state index in [1.807, 2.05) is 0 Å². The summed E-state index contributed by atoms with van der Waals surface area (Å²) < 4.78 is 0. The Morgan fingerprint density at radius 2 is 2.18 bits per heavy atom. The van der Waals surface area contributed by atoms with Crippen LogP contribution in [0.1, 0.15) is 11.6 Å². The molecule has 1 heterocycles. The van der Waals surface area contributed by atoms with Gasteiger partial charge in [-0.15, -0.1) is 16.5 Å². The number of aryl methyl sites for hydroxylation is 1. The topological polar surface area (TPSA) is 66.8 Å². The van der Waals surface area contributed by atoms with E-state index in [0.29, 0.717) is 5.82 Å². The van der Waals surface area contributed by atoms with E-state index in [-0.39, 0.29) is 11.8 Å². The van der Waals surface area contributed by atoms with Gasteiger partial charge in [0.15, 0.2) is 11.9 Å². The summed E-state index contributed by atoms with van der Waals surface area (Å²) in [5.41, 5.74) is 0. The van der Waals surface area contributed by atoms with E-state index < -0.39 is 0 Å². The Bertz CT molecular complexity index is 324. The van der Waals surface area contributed by atoms with E-state index in [0.717, 1.165) is 0 Å². The third-order valence-corrected chi connectivity index (χ3v) is 0.935. The largest absolute Gasteiger partial charge is 0.394 e. The third-order valence-electron chi connectivity index (χ3n) is 0.935. The number of hydrogen-bond acceptors (Lipinski definition) is 4. The molecule has 0 saturated heterocycles. The fraction of sp³-hybridized carbons (Fsp3) is 0.167. The highest BCUT2D eigenvalue weighted by Crippen LogP contribution is 2.02. The van der Waals surface area contributed by atoms with Crippen molar-refractivity contribution in [2.45, 2.75) is 6.92 Å². The normalized spacial score (nSPS) is 8.27. The van der Waals surface area contributed by atoms with Crippen molar-refractivity contribution in [2.75, 3.05) is 0 Å². The number of nitrogens with zero attached hydrogens (tertiary/aromatic N) is 5. The molecule has 0 aromatic carbocycles. The third kappa shape index (κ3) is 1.46. The van der Waals surface area contributed by atoms with Crippen molar-refractivity contribution in [1.29, 1.82) is 5.26 Å². The molecular weight excluding hydrogens is 142 g/mol. The van der Waals surface area contributed by atoms with Crippen molar-refractivity contribution in [2.24, 2.45) is 0 Å². The van der Waals surface area contributed by atoms with Gasteiger partial charge in [0.25, 0.3) is 5.82 Å². The molecule has 0 fully saturated rings. The Morgan fingerprint density at radius 1 is 1.45 bits per heavy atom. The predicted molar refractivity (Wildman–Crippen MR) is 35.5 cm³/mol. The van der Waals surface area contributed by atoms with Gasteiger partial charge in [-0.2, -0.15) is 10.2 Å². The molecule has 52 valence electrons. The lowest BCUT2D eigenvalue weighted by Gasteiger charge is -1.87. The molecule has 5 nitrogen and oxygen atoms in total. The van der Waals surface area contributed by atoms with Crippen LogP contribution in [0.3, 0.4) is 0 Å². The quantitative estimate of drug-likeness (QED) is 0.501. The summed E-state index contributed by atoms with van der Waals surface area (Å²) in [7, 11) is 0. The molecule has 1 aromatic heterocycles. The molecule has 0 atom stereocenters. The molecular formula is C6H3N5. The summed E-state index contributed by atoms with van der Waals surface area (Å²) >= 11 is 0. The van der Waals surface area contributed by atoms with Crippen LogP contribution in [0.4, 0.5) is 5.95 Å². The highest BCUT2D eigenvalue weighted by atomic mass is 15.1. The van der Waals surface area contributed by atoms with Gasteiger partial charge >= 0.3 is 5.95 Å². The lowest BCUT2D eigenvalue weighted by Crippen LogP contribution is -1.94. The van der Waals surface area contributed by atoms with Crippen molar-refractivity contribution >= 4 is 5.95 Å². The van der Waals surface area contributed by atoms with Gasteiger partial charge in [0.05, 0.1) is 0 Å². The first-order valence-electron chi connectivity index (χ1n) is 2.76. The summed E-state index contributed by atoms with van der Waals surface area (Å²) in [6.45, 7) is 8.18. The first-order valence-corrected chi connectivity index (χ1v) is 2.76. The van der Waals surface area contributed by atoms with Crippen LogP contribution in [0.5, 0.6) is 0 Å². The fourth-order valence-electron chi connectivity index (χ4n) is 0.568. The van der Waals surface area contributed by atoms with Crippen molar-refractivity contribution in [3.63, 3.8) is 0 Å². The smallest absolute Gasteiger partial charge is 0.375 e. The maximum atomic E-state index is 8.38. The van der Waals surface area contributed by atoms with Crippen LogP contribution >= 0.6 is 0 Å². The highest BCUT2D eigenvalue weighted by Gasteiger charge is 2.03. The maximum absolute atomic E-state index is 8.38. The Balaban J connectivity index is 3.28. The summed E-state index contributed by atoms with van der Waals surface area (Å²) in [4.78, 5) is 13.9. The van der Waals surface area contributed by atoms with Gasteiger partial charge in [-0.1, -0.05) is 0 Å². The first-order chi connectivity index (χ1) is 5.26. The van der Waals surface area contributed by atoms with Gasteiger partial charge < -0.3 is 4.85 Å². The summed E-state index contributed by atoms with van der Waals surface area (Å²) in [6, 6.07) is 1.74. The fourth-order valence-corrected chi connectivity index (χ4v) is 0.568. The zero-order valence-electron chi connectivity index (χ0n) is 5.74. The molecule has 0 unspecified atom stereocenters. The van der Waals surface area contributed by atoms with E-state index >= 15 is 0 Å². The van der Waals surface area contributed by atoms with Gasteiger partial charge in [0, 0.05) is 6.92 Å². The van der Waals surface area contributed by atoms with E-state index in [1.165, 1.54) is 0 Å². The standard InChI is InChI=1S/C6H3N5/c1-4-9-5(3-7)11-6(8-2)10-4/h1H3. The molecule has 0 aliphatic heterocycles. The molecule has 0 radical (unpaired) electrons. The van der Waals surface area contributed by atoms with Crippen molar-refractivity contribution in [1.82, 2.24) is 15.0 Å². The summed E-state index contributed by atoms with van der Waals surface area (Å²) in [5, 5.41) is 8.38. The number of hydrogen-bond donors (Lipinski definition) is 0. The Labute approximate surface area is 63.2 Å². The van der Waals surface area contributed by atoms with E-state index in [2.05, 4.69) is 19.8 Å². The zero-order valence-corrected chi connectivity index (χ0v) is 5.74. The molecule has 0 bridgehead atoms. The van der Waals surface area contributed by atoms with Crippen LogP contribution in [-0.4, -0.2) is 15.0 Å². The molecule has 1 rings (SSSR count). The highest BCUT2D eigenvalue weighted by molar-refractivity contribution is 5.27. The number of aromatic nitrogens is 3. The average Bonchev–Trinajstić information content (AvgIpc) is 2.03.